The van der Waals surface area contributed by atoms with E-state index in [4.69, 9.17) is 4.42 Å². The minimum Gasteiger partial charge on any atom is -0.468 e. The summed E-state index contributed by atoms with van der Waals surface area (Å²) in [5.74, 6) is 1.00. The van der Waals surface area contributed by atoms with Gasteiger partial charge in [0.25, 0.3) is 0 Å². The first-order valence-corrected chi connectivity index (χ1v) is 9.91. The van der Waals surface area contributed by atoms with Gasteiger partial charge in [0.1, 0.15) is 5.76 Å². The lowest BCUT2D eigenvalue weighted by atomic mass is 10.1. The summed E-state index contributed by atoms with van der Waals surface area (Å²) in [6.07, 6.45) is 4.66. The number of furan rings is 1. The Kier molecular flexibility index (Phi) is 5.20. The van der Waals surface area contributed by atoms with Crippen LogP contribution in [-0.4, -0.2) is 57.8 Å². The van der Waals surface area contributed by atoms with Crippen molar-refractivity contribution in [3.05, 3.63) is 41.6 Å². The number of hydrogen-bond acceptors (Lipinski definition) is 4. The van der Waals surface area contributed by atoms with E-state index in [1.165, 1.54) is 5.69 Å². The van der Waals surface area contributed by atoms with Crippen LogP contribution in [0.1, 0.15) is 42.5 Å². The maximum absolute atomic E-state index is 12.7. The highest BCUT2D eigenvalue weighted by Crippen LogP contribution is 2.23. The number of amides is 2. The van der Waals surface area contributed by atoms with Crippen molar-refractivity contribution in [1.29, 1.82) is 0 Å². The molecule has 7 heteroatoms. The van der Waals surface area contributed by atoms with Gasteiger partial charge in [0.05, 0.1) is 24.5 Å². The van der Waals surface area contributed by atoms with E-state index in [1.807, 2.05) is 24.0 Å². The molecular weight excluding hydrogens is 342 g/mol. The summed E-state index contributed by atoms with van der Waals surface area (Å²) in [7, 11) is 0. The summed E-state index contributed by atoms with van der Waals surface area (Å²) in [5.41, 5.74) is 2.21. The monoisotopic (exact) mass is 371 g/mol. The van der Waals surface area contributed by atoms with Gasteiger partial charge in [0, 0.05) is 37.9 Å². The SMILES string of the molecule is Cc1cc(C)n(C2CCN(C(=O)NC3CCN(Cc4ccco4)CC3)C2)n1. The van der Waals surface area contributed by atoms with Crippen molar-refractivity contribution in [3.63, 3.8) is 0 Å². The fourth-order valence-electron chi connectivity index (χ4n) is 4.27. The molecule has 2 aromatic heterocycles. The van der Waals surface area contributed by atoms with Crippen LogP contribution in [0.3, 0.4) is 0 Å². The maximum Gasteiger partial charge on any atom is 0.317 e. The largest absolute Gasteiger partial charge is 0.468 e. The minimum atomic E-state index is 0.0727. The Hall–Kier alpha value is -2.28. The van der Waals surface area contributed by atoms with Crippen LogP contribution >= 0.6 is 0 Å². The molecule has 0 saturated carbocycles. The zero-order valence-electron chi connectivity index (χ0n) is 16.2. The van der Waals surface area contributed by atoms with E-state index < -0.39 is 0 Å². The Bertz CT molecular complexity index is 761. The van der Waals surface area contributed by atoms with E-state index in [2.05, 4.69) is 33.0 Å². The molecule has 1 unspecified atom stereocenters. The van der Waals surface area contributed by atoms with E-state index in [0.717, 1.165) is 63.4 Å². The van der Waals surface area contributed by atoms with Crippen molar-refractivity contribution >= 4 is 6.03 Å². The number of aromatic nitrogens is 2. The molecule has 1 atom stereocenters. The highest BCUT2D eigenvalue weighted by atomic mass is 16.3. The molecule has 0 aromatic carbocycles. The molecule has 0 bridgehead atoms. The molecule has 4 heterocycles. The molecule has 2 aliphatic heterocycles. The lowest BCUT2D eigenvalue weighted by Gasteiger charge is -2.32. The van der Waals surface area contributed by atoms with Gasteiger partial charge < -0.3 is 14.6 Å². The summed E-state index contributed by atoms with van der Waals surface area (Å²) in [6.45, 7) is 8.46. The zero-order valence-corrected chi connectivity index (χ0v) is 16.2. The van der Waals surface area contributed by atoms with Crippen molar-refractivity contribution in [2.45, 2.75) is 51.7 Å². The van der Waals surface area contributed by atoms with Gasteiger partial charge in [-0.2, -0.15) is 5.10 Å². The Morgan fingerprint density at radius 2 is 2.07 bits per heavy atom. The first kappa shape index (κ1) is 18.1. The topological polar surface area (TPSA) is 66.5 Å². The molecule has 1 N–H and O–H groups in total. The Morgan fingerprint density at radius 1 is 1.26 bits per heavy atom. The van der Waals surface area contributed by atoms with E-state index in [9.17, 15) is 4.79 Å². The molecule has 2 aliphatic rings. The second-order valence-corrected chi connectivity index (χ2v) is 7.84. The third-order valence-electron chi connectivity index (χ3n) is 5.72. The number of nitrogens with zero attached hydrogens (tertiary/aromatic N) is 4. The summed E-state index contributed by atoms with van der Waals surface area (Å²) in [6, 6.07) is 6.67. The van der Waals surface area contributed by atoms with Crippen molar-refractivity contribution in [2.24, 2.45) is 0 Å². The van der Waals surface area contributed by atoms with E-state index >= 15 is 0 Å². The predicted molar refractivity (Wildman–Crippen MR) is 102 cm³/mol. The van der Waals surface area contributed by atoms with Crippen LogP contribution < -0.4 is 5.32 Å². The second kappa shape index (κ2) is 7.76. The normalized spacial score (nSPS) is 21.7. The molecule has 27 heavy (non-hydrogen) atoms. The van der Waals surface area contributed by atoms with Crippen LogP contribution in [0.2, 0.25) is 0 Å². The number of carbonyl (C=O) groups is 1. The predicted octanol–water partition coefficient (Wildman–Crippen LogP) is 2.71. The van der Waals surface area contributed by atoms with Gasteiger partial charge in [-0.3, -0.25) is 9.58 Å². The van der Waals surface area contributed by atoms with Crippen LogP contribution in [0.5, 0.6) is 0 Å². The molecule has 2 amide bonds. The Balaban J connectivity index is 1.24. The lowest BCUT2D eigenvalue weighted by Crippen LogP contribution is -2.48. The number of aryl methyl sites for hydroxylation is 2. The van der Waals surface area contributed by atoms with Crippen molar-refractivity contribution < 1.29 is 9.21 Å². The average molecular weight is 371 g/mol. The summed E-state index contributed by atoms with van der Waals surface area (Å²) >= 11 is 0. The fourth-order valence-corrected chi connectivity index (χ4v) is 4.27. The zero-order chi connectivity index (χ0) is 18.8. The average Bonchev–Trinajstić information content (AvgIpc) is 3.38. The van der Waals surface area contributed by atoms with Gasteiger partial charge in [-0.15, -0.1) is 0 Å². The minimum absolute atomic E-state index is 0.0727. The number of urea groups is 1. The summed E-state index contributed by atoms with van der Waals surface area (Å²) in [4.78, 5) is 17.0. The Labute approximate surface area is 160 Å². The third kappa shape index (κ3) is 4.18. The van der Waals surface area contributed by atoms with Crippen LogP contribution in [-0.2, 0) is 6.54 Å². The highest BCUT2D eigenvalue weighted by Gasteiger charge is 2.30. The third-order valence-corrected chi connectivity index (χ3v) is 5.72. The van der Waals surface area contributed by atoms with E-state index in [0.29, 0.717) is 6.04 Å². The van der Waals surface area contributed by atoms with E-state index in [1.54, 1.807) is 6.26 Å². The molecule has 2 fully saturated rings. The summed E-state index contributed by atoms with van der Waals surface area (Å²) in [5, 5.41) is 7.82. The number of piperidine rings is 1. The fraction of sp³-hybridized carbons (Fsp3) is 0.600. The van der Waals surface area contributed by atoms with Crippen molar-refractivity contribution in [1.82, 2.24) is 24.9 Å². The number of nitrogens with one attached hydrogen (secondary N) is 1. The van der Waals surface area contributed by atoms with Gasteiger partial charge in [0.15, 0.2) is 0 Å². The number of hydrogen-bond donors (Lipinski definition) is 1. The molecule has 7 nitrogen and oxygen atoms in total. The Morgan fingerprint density at radius 3 is 2.74 bits per heavy atom. The van der Waals surface area contributed by atoms with Crippen LogP contribution in [0.15, 0.2) is 28.9 Å². The maximum atomic E-state index is 12.7. The van der Waals surface area contributed by atoms with Gasteiger partial charge in [0.2, 0.25) is 0 Å². The number of carbonyl (C=O) groups excluding carboxylic acids is 1. The number of rotatable bonds is 4. The molecule has 4 rings (SSSR count). The molecule has 0 aliphatic carbocycles. The summed E-state index contributed by atoms with van der Waals surface area (Å²) < 4.78 is 7.51. The first-order chi connectivity index (χ1) is 13.1. The quantitative estimate of drug-likeness (QED) is 0.897. The van der Waals surface area contributed by atoms with Gasteiger partial charge >= 0.3 is 6.03 Å². The van der Waals surface area contributed by atoms with Crippen molar-refractivity contribution in [3.8, 4) is 0 Å². The van der Waals surface area contributed by atoms with Crippen molar-refractivity contribution in [2.75, 3.05) is 26.2 Å². The second-order valence-electron chi connectivity index (χ2n) is 7.84. The van der Waals surface area contributed by atoms with Crippen LogP contribution in [0, 0.1) is 13.8 Å². The first-order valence-electron chi connectivity index (χ1n) is 9.91. The smallest absolute Gasteiger partial charge is 0.317 e. The standard InChI is InChI=1S/C20H29N5O2/c1-15-12-16(2)25(22-15)18-7-10-24(13-18)20(26)21-17-5-8-23(9-6-17)14-19-4-3-11-27-19/h3-4,11-12,17-18H,5-10,13-14H2,1-2H3,(H,21,26). The van der Waals surface area contributed by atoms with Crippen LogP contribution in [0.4, 0.5) is 4.79 Å². The van der Waals surface area contributed by atoms with Gasteiger partial charge in [-0.05, 0) is 51.3 Å². The highest BCUT2D eigenvalue weighted by molar-refractivity contribution is 5.74. The molecular formula is C20H29N5O2. The molecule has 0 radical (unpaired) electrons. The molecule has 2 aromatic rings. The molecule has 0 spiro atoms. The number of likely N-dealkylation sites (tertiary alicyclic amines) is 2. The molecule has 2 saturated heterocycles. The van der Waals surface area contributed by atoms with Gasteiger partial charge in [-0.1, -0.05) is 0 Å². The lowest BCUT2D eigenvalue weighted by molar-refractivity contribution is 0.166. The van der Waals surface area contributed by atoms with E-state index in [-0.39, 0.29) is 12.1 Å². The molecule has 146 valence electrons. The van der Waals surface area contributed by atoms with Gasteiger partial charge in [-0.25, -0.2) is 4.79 Å². The van der Waals surface area contributed by atoms with Crippen LogP contribution in [0.25, 0.3) is 0 Å².